The van der Waals surface area contributed by atoms with Gasteiger partial charge in [0.05, 0.1) is 0 Å². The zero-order chi connectivity index (χ0) is 14.3. The highest BCUT2D eigenvalue weighted by Gasteiger charge is 2.02. The van der Waals surface area contributed by atoms with Crippen molar-refractivity contribution in [3.05, 3.63) is 0 Å². The second-order valence-corrected chi connectivity index (χ2v) is 6.01. The Labute approximate surface area is 120 Å². The predicted octanol–water partition coefficient (Wildman–Crippen LogP) is 5.80. The van der Waals surface area contributed by atoms with Crippen molar-refractivity contribution in [2.75, 3.05) is 0 Å². The van der Waals surface area contributed by atoms with Crippen LogP contribution in [0.15, 0.2) is 0 Å². The Morgan fingerprint density at radius 3 is 1.84 bits per heavy atom. The Kier molecular flexibility index (Phi) is 13.5. The van der Waals surface area contributed by atoms with Crippen LogP contribution in [0.2, 0.25) is 0 Å². The van der Waals surface area contributed by atoms with Crippen molar-refractivity contribution in [2.24, 2.45) is 5.92 Å². The van der Waals surface area contributed by atoms with Gasteiger partial charge in [-0.3, -0.25) is 4.79 Å². The highest BCUT2D eigenvalue weighted by molar-refractivity contribution is 5.66. The molecule has 0 bridgehead atoms. The molecule has 0 aliphatic heterocycles. The molecule has 2 heteroatoms. The van der Waals surface area contributed by atoms with Gasteiger partial charge >= 0.3 is 5.97 Å². The maximum atomic E-state index is 10.3. The van der Waals surface area contributed by atoms with E-state index in [0.717, 1.165) is 18.8 Å². The summed E-state index contributed by atoms with van der Waals surface area (Å²) >= 11 is 0. The SMILES string of the molecule is CCCCCCC(C)CCCCCCCCC(=O)O. The Morgan fingerprint density at radius 2 is 1.32 bits per heavy atom. The molecule has 0 amide bonds. The summed E-state index contributed by atoms with van der Waals surface area (Å²) in [5.41, 5.74) is 0. The normalized spacial score (nSPS) is 12.5. The third-order valence-electron chi connectivity index (χ3n) is 3.89. The van der Waals surface area contributed by atoms with E-state index in [1.807, 2.05) is 0 Å². The van der Waals surface area contributed by atoms with Crippen LogP contribution >= 0.6 is 0 Å². The van der Waals surface area contributed by atoms with Crippen LogP contribution in [0.3, 0.4) is 0 Å². The third kappa shape index (κ3) is 15.4. The monoisotopic (exact) mass is 270 g/mol. The van der Waals surface area contributed by atoms with E-state index in [9.17, 15) is 4.79 Å². The second-order valence-electron chi connectivity index (χ2n) is 6.01. The molecule has 114 valence electrons. The summed E-state index contributed by atoms with van der Waals surface area (Å²) in [4.78, 5) is 10.3. The summed E-state index contributed by atoms with van der Waals surface area (Å²) in [5, 5.41) is 8.52. The Balaban J connectivity index is 3.14. The molecule has 0 heterocycles. The number of hydrogen-bond donors (Lipinski definition) is 1. The number of aliphatic carboxylic acids is 1. The Hall–Kier alpha value is -0.530. The second kappa shape index (κ2) is 13.9. The van der Waals surface area contributed by atoms with Gasteiger partial charge in [0, 0.05) is 6.42 Å². The molecule has 0 aliphatic carbocycles. The summed E-state index contributed by atoms with van der Waals surface area (Å²) in [6.45, 7) is 4.65. The van der Waals surface area contributed by atoms with E-state index in [1.54, 1.807) is 0 Å². The van der Waals surface area contributed by atoms with Gasteiger partial charge in [-0.2, -0.15) is 0 Å². The number of rotatable bonds is 14. The summed E-state index contributed by atoms with van der Waals surface area (Å²) < 4.78 is 0. The van der Waals surface area contributed by atoms with E-state index in [0.29, 0.717) is 6.42 Å². The summed E-state index contributed by atoms with van der Waals surface area (Å²) in [7, 11) is 0. The van der Waals surface area contributed by atoms with E-state index in [4.69, 9.17) is 5.11 Å². The fourth-order valence-electron chi connectivity index (χ4n) is 2.54. The van der Waals surface area contributed by atoms with Crippen molar-refractivity contribution in [3.63, 3.8) is 0 Å². The molecule has 0 aliphatic rings. The van der Waals surface area contributed by atoms with Crippen LogP contribution in [0.4, 0.5) is 0 Å². The average molecular weight is 270 g/mol. The molecular formula is C17H34O2. The van der Waals surface area contributed by atoms with E-state index in [-0.39, 0.29) is 0 Å². The molecule has 0 aromatic rings. The van der Waals surface area contributed by atoms with E-state index in [1.165, 1.54) is 64.2 Å². The van der Waals surface area contributed by atoms with Gasteiger partial charge in [-0.25, -0.2) is 0 Å². The van der Waals surface area contributed by atoms with Crippen LogP contribution in [0.1, 0.15) is 97.3 Å². The van der Waals surface area contributed by atoms with Gasteiger partial charge in [0.2, 0.25) is 0 Å². The molecule has 0 rings (SSSR count). The lowest BCUT2D eigenvalue weighted by Crippen LogP contribution is -1.95. The molecule has 0 aromatic heterocycles. The minimum Gasteiger partial charge on any atom is -0.481 e. The van der Waals surface area contributed by atoms with Crippen LogP contribution in [-0.4, -0.2) is 11.1 Å². The van der Waals surface area contributed by atoms with Crippen LogP contribution in [0, 0.1) is 5.92 Å². The Bertz CT molecular complexity index is 201. The lowest BCUT2D eigenvalue weighted by molar-refractivity contribution is -0.137. The molecule has 0 saturated heterocycles. The van der Waals surface area contributed by atoms with Gasteiger partial charge < -0.3 is 5.11 Å². The van der Waals surface area contributed by atoms with Crippen molar-refractivity contribution in [1.29, 1.82) is 0 Å². The van der Waals surface area contributed by atoms with Gasteiger partial charge in [0.15, 0.2) is 0 Å². The highest BCUT2D eigenvalue weighted by atomic mass is 16.4. The first kappa shape index (κ1) is 18.5. The molecular weight excluding hydrogens is 236 g/mol. The standard InChI is InChI=1S/C17H34O2/c1-3-4-5-10-13-16(2)14-11-8-6-7-9-12-15-17(18)19/h16H,3-15H2,1-2H3,(H,18,19). The topological polar surface area (TPSA) is 37.3 Å². The maximum absolute atomic E-state index is 10.3. The van der Waals surface area contributed by atoms with Crippen LogP contribution < -0.4 is 0 Å². The van der Waals surface area contributed by atoms with Crippen molar-refractivity contribution >= 4 is 5.97 Å². The number of carbonyl (C=O) groups is 1. The molecule has 1 unspecified atom stereocenters. The Morgan fingerprint density at radius 1 is 0.842 bits per heavy atom. The molecule has 0 radical (unpaired) electrons. The molecule has 0 fully saturated rings. The zero-order valence-electron chi connectivity index (χ0n) is 13.1. The smallest absolute Gasteiger partial charge is 0.303 e. The highest BCUT2D eigenvalue weighted by Crippen LogP contribution is 2.18. The van der Waals surface area contributed by atoms with E-state index < -0.39 is 5.97 Å². The van der Waals surface area contributed by atoms with Crippen molar-refractivity contribution in [2.45, 2.75) is 97.3 Å². The van der Waals surface area contributed by atoms with Gasteiger partial charge in [-0.05, 0) is 12.3 Å². The minimum absolute atomic E-state index is 0.342. The number of unbranched alkanes of at least 4 members (excludes halogenated alkanes) is 8. The number of hydrogen-bond acceptors (Lipinski definition) is 1. The summed E-state index contributed by atoms with van der Waals surface area (Å²) in [6, 6.07) is 0. The first-order chi connectivity index (χ1) is 9.16. The number of carboxylic acid groups (broad SMARTS) is 1. The van der Waals surface area contributed by atoms with Gasteiger partial charge in [-0.15, -0.1) is 0 Å². The van der Waals surface area contributed by atoms with Crippen molar-refractivity contribution in [1.82, 2.24) is 0 Å². The fraction of sp³-hybridized carbons (Fsp3) is 0.941. The minimum atomic E-state index is -0.656. The first-order valence-electron chi connectivity index (χ1n) is 8.38. The van der Waals surface area contributed by atoms with Gasteiger partial charge in [0.25, 0.3) is 0 Å². The molecule has 0 saturated carbocycles. The lowest BCUT2D eigenvalue weighted by atomic mass is 9.96. The summed E-state index contributed by atoms with van der Waals surface area (Å²) in [6.07, 6.45) is 15.8. The maximum Gasteiger partial charge on any atom is 0.303 e. The third-order valence-corrected chi connectivity index (χ3v) is 3.89. The van der Waals surface area contributed by atoms with Crippen LogP contribution in [0.25, 0.3) is 0 Å². The molecule has 2 nitrogen and oxygen atoms in total. The van der Waals surface area contributed by atoms with Crippen LogP contribution in [0.5, 0.6) is 0 Å². The molecule has 0 spiro atoms. The molecule has 1 N–H and O–H groups in total. The quantitative estimate of drug-likeness (QED) is 0.405. The van der Waals surface area contributed by atoms with E-state index >= 15 is 0 Å². The van der Waals surface area contributed by atoms with Gasteiger partial charge in [0.1, 0.15) is 0 Å². The van der Waals surface area contributed by atoms with Crippen molar-refractivity contribution in [3.8, 4) is 0 Å². The van der Waals surface area contributed by atoms with E-state index in [2.05, 4.69) is 13.8 Å². The van der Waals surface area contributed by atoms with Crippen LogP contribution in [-0.2, 0) is 4.79 Å². The molecule has 1 atom stereocenters. The average Bonchev–Trinajstić information content (AvgIpc) is 2.37. The first-order valence-corrected chi connectivity index (χ1v) is 8.38. The fourth-order valence-corrected chi connectivity index (χ4v) is 2.54. The summed E-state index contributed by atoms with van der Waals surface area (Å²) in [5.74, 6) is 0.237. The van der Waals surface area contributed by atoms with Gasteiger partial charge in [-0.1, -0.05) is 84.5 Å². The van der Waals surface area contributed by atoms with Crippen molar-refractivity contribution < 1.29 is 9.90 Å². The largest absolute Gasteiger partial charge is 0.481 e. The lowest BCUT2D eigenvalue weighted by Gasteiger charge is -2.10. The predicted molar refractivity (Wildman–Crippen MR) is 82.5 cm³/mol. The molecule has 19 heavy (non-hydrogen) atoms. The number of carboxylic acids is 1. The molecule has 0 aromatic carbocycles. The zero-order valence-corrected chi connectivity index (χ0v) is 13.1.